The Morgan fingerprint density at radius 2 is 1.88 bits per heavy atom. The second kappa shape index (κ2) is 5.56. The fourth-order valence-corrected chi connectivity index (χ4v) is 2.29. The molecule has 90 valence electrons. The smallest absolute Gasteiger partial charge is 0.0827 e. The monoisotopic (exact) mass is 269 g/mol. The summed E-state index contributed by atoms with van der Waals surface area (Å²) in [6.07, 6.45) is 6.00. The van der Waals surface area contributed by atoms with Crippen molar-refractivity contribution >= 4 is 35.0 Å². The molecule has 0 unspecified atom stereocenters. The molecule has 2 rings (SSSR count). The third-order valence-corrected chi connectivity index (χ3v) is 3.62. The molecular weight excluding hydrogens is 257 g/mol. The Bertz CT molecular complexity index is 480. The molecule has 1 saturated carbocycles. The zero-order valence-electron chi connectivity index (χ0n) is 9.29. The lowest BCUT2D eigenvalue weighted by atomic mass is 9.91. The highest BCUT2D eigenvalue weighted by atomic mass is 35.5. The number of nitrogens with zero attached hydrogens (tertiary/aromatic N) is 1. The zero-order valence-corrected chi connectivity index (χ0v) is 10.8. The third-order valence-electron chi connectivity index (χ3n) is 2.89. The summed E-state index contributed by atoms with van der Waals surface area (Å²) in [4.78, 5) is 0. The SMILES string of the molecule is O/N=C1/CCCC/C1=C/c1ccc(Cl)c(Cl)c1. The zero-order chi connectivity index (χ0) is 12.3. The van der Waals surface area contributed by atoms with E-state index >= 15 is 0 Å². The molecule has 1 aliphatic rings. The number of benzene rings is 1. The molecule has 0 saturated heterocycles. The maximum Gasteiger partial charge on any atom is 0.0827 e. The van der Waals surface area contributed by atoms with E-state index in [9.17, 15) is 0 Å². The van der Waals surface area contributed by atoms with Crippen molar-refractivity contribution < 1.29 is 5.21 Å². The number of hydrogen-bond donors (Lipinski definition) is 1. The van der Waals surface area contributed by atoms with Crippen LogP contribution in [-0.4, -0.2) is 10.9 Å². The Hall–Kier alpha value is -0.990. The van der Waals surface area contributed by atoms with Crippen LogP contribution in [0.15, 0.2) is 28.9 Å². The molecule has 0 aliphatic heterocycles. The molecule has 1 N–H and O–H groups in total. The minimum atomic E-state index is 0.541. The van der Waals surface area contributed by atoms with E-state index in [0.29, 0.717) is 10.0 Å². The molecule has 1 aromatic rings. The van der Waals surface area contributed by atoms with Crippen LogP contribution in [0.4, 0.5) is 0 Å². The van der Waals surface area contributed by atoms with E-state index in [1.165, 1.54) is 0 Å². The molecule has 0 amide bonds. The van der Waals surface area contributed by atoms with Crippen molar-refractivity contribution in [3.05, 3.63) is 39.4 Å². The van der Waals surface area contributed by atoms with Gasteiger partial charge in [-0.1, -0.05) is 34.4 Å². The second-order valence-corrected chi connectivity index (χ2v) is 4.91. The van der Waals surface area contributed by atoms with Gasteiger partial charge in [-0.2, -0.15) is 0 Å². The van der Waals surface area contributed by atoms with Gasteiger partial charge in [-0.15, -0.1) is 0 Å². The average Bonchev–Trinajstić information content (AvgIpc) is 2.34. The van der Waals surface area contributed by atoms with Crippen LogP contribution < -0.4 is 0 Å². The predicted molar refractivity (Wildman–Crippen MR) is 72.1 cm³/mol. The van der Waals surface area contributed by atoms with Gasteiger partial charge in [0.15, 0.2) is 0 Å². The van der Waals surface area contributed by atoms with Gasteiger partial charge in [-0.05, 0) is 55.0 Å². The molecule has 0 heterocycles. The quantitative estimate of drug-likeness (QED) is 0.578. The molecule has 2 nitrogen and oxygen atoms in total. The summed E-state index contributed by atoms with van der Waals surface area (Å²) in [5, 5.41) is 13.4. The fraction of sp³-hybridized carbons (Fsp3) is 0.308. The molecule has 1 aromatic carbocycles. The van der Waals surface area contributed by atoms with E-state index in [2.05, 4.69) is 5.16 Å². The first-order valence-electron chi connectivity index (χ1n) is 5.57. The molecule has 17 heavy (non-hydrogen) atoms. The van der Waals surface area contributed by atoms with E-state index < -0.39 is 0 Å². The lowest BCUT2D eigenvalue weighted by Gasteiger charge is -2.15. The van der Waals surface area contributed by atoms with Gasteiger partial charge in [0.1, 0.15) is 0 Å². The summed E-state index contributed by atoms with van der Waals surface area (Å²) in [6.45, 7) is 0. The summed E-state index contributed by atoms with van der Waals surface area (Å²) in [5.41, 5.74) is 2.84. The minimum Gasteiger partial charge on any atom is -0.411 e. The number of oxime groups is 1. The van der Waals surface area contributed by atoms with Crippen LogP contribution >= 0.6 is 23.2 Å². The van der Waals surface area contributed by atoms with Crippen molar-refractivity contribution in [1.29, 1.82) is 0 Å². The van der Waals surface area contributed by atoms with Crippen LogP contribution in [0.5, 0.6) is 0 Å². The van der Waals surface area contributed by atoms with E-state index in [4.69, 9.17) is 28.4 Å². The molecule has 0 radical (unpaired) electrons. The van der Waals surface area contributed by atoms with E-state index in [0.717, 1.165) is 42.5 Å². The van der Waals surface area contributed by atoms with Crippen molar-refractivity contribution in [1.82, 2.24) is 0 Å². The molecule has 1 fully saturated rings. The van der Waals surface area contributed by atoms with Gasteiger partial charge >= 0.3 is 0 Å². The number of allylic oxidation sites excluding steroid dienone is 1. The van der Waals surface area contributed by atoms with Crippen LogP contribution in [0.2, 0.25) is 10.0 Å². The average molecular weight is 270 g/mol. The van der Waals surface area contributed by atoms with Crippen molar-refractivity contribution in [2.24, 2.45) is 5.16 Å². The highest BCUT2D eigenvalue weighted by Crippen LogP contribution is 2.27. The highest BCUT2D eigenvalue weighted by molar-refractivity contribution is 6.42. The first-order valence-corrected chi connectivity index (χ1v) is 6.33. The van der Waals surface area contributed by atoms with Gasteiger partial charge in [-0.25, -0.2) is 0 Å². The van der Waals surface area contributed by atoms with E-state index in [-0.39, 0.29) is 0 Å². The van der Waals surface area contributed by atoms with E-state index in [1.54, 1.807) is 6.07 Å². The first-order chi connectivity index (χ1) is 8.20. The number of rotatable bonds is 1. The van der Waals surface area contributed by atoms with Crippen LogP contribution in [0.25, 0.3) is 6.08 Å². The lowest BCUT2D eigenvalue weighted by molar-refractivity contribution is 0.316. The molecule has 0 spiro atoms. The number of halogens is 2. The Labute approximate surface area is 111 Å². The maximum atomic E-state index is 8.94. The molecular formula is C13H13Cl2NO. The van der Waals surface area contributed by atoms with E-state index in [1.807, 2.05) is 18.2 Å². The highest BCUT2D eigenvalue weighted by Gasteiger charge is 2.13. The maximum absolute atomic E-state index is 8.94. The minimum absolute atomic E-state index is 0.541. The van der Waals surface area contributed by atoms with Crippen LogP contribution in [-0.2, 0) is 0 Å². The van der Waals surface area contributed by atoms with Gasteiger partial charge < -0.3 is 5.21 Å². The summed E-state index contributed by atoms with van der Waals surface area (Å²) in [7, 11) is 0. The Morgan fingerprint density at radius 3 is 2.59 bits per heavy atom. The van der Waals surface area contributed by atoms with Crippen molar-refractivity contribution in [3.63, 3.8) is 0 Å². The molecule has 1 aliphatic carbocycles. The molecule has 4 heteroatoms. The van der Waals surface area contributed by atoms with Gasteiger partial charge in [0.2, 0.25) is 0 Å². The standard InChI is InChI=1S/C13H13Cl2NO/c14-11-6-5-9(8-12(11)15)7-10-3-1-2-4-13(10)16-17/h5-8,17H,1-4H2/b10-7-,16-13-. The van der Waals surface area contributed by atoms with Crippen LogP contribution in [0.1, 0.15) is 31.2 Å². The fourth-order valence-electron chi connectivity index (χ4n) is 1.99. The third kappa shape index (κ3) is 3.02. The van der Waals surface area contributed by atoms with Crippen molar-refractivity contribution in [2.75, 3.05) is 0 Å². The van der Waals surface area contributed by atoms with Crippen LogP contribution in [0, 0.1) is 0 Å². The lowest BCUT2D eigenvalue weighted by Crippen LogP contribution is -2.08. The second-order valence-electron chi connectivity index (χ2n) is 4.10. The van der Waals surface area contributed by atoms with Gasteiger partial charge in [0.25, 0.3) is 0 Å². The van der Waals surface area contributed by atoms with Crippen LogP contribution in [0.3, 0.4) is 0 Å². The largest absolute Gasteiger partial charge is 0.411 e. The normalized spacial score (nSPS) is 21.1. The predicted octanol–water partition coefficient (Wildman–Crippen LogP) is 4.78. The summed E-state index contributed by atoms with van der Waals surface area (Å²) < 4.78 is 0. The molecule has 0 aromatic heterocycles. The summed E-state index contributed by atoms with van der Waals surface area (Å²) in [6, 6.07) is 5.50. The Kier molecular flexibility index (Phi) is 4.08. The Morgan fingerprint density at radius 1 is 1.12 bits per heavy atom. The summed E-state index contributed by atoms with van der Waals surface area (Å²) in [5.74, 6) is 0. The van der Waals surface area contributed by atoms with Crippen molar-refractivity contribution in [2.45, 2.75) is 25.7 Å². The first kappa shape index (κ1) is 12.5. The molecule has 0 bridgehead atoms. The number of hydrogen-bond acceptors (Lipinski definition) is 2. The van der Waals surface area contributed by atoms with Gasteiger partial charge in [0.05, 0.1) is 15.8 Å². The van der Waals surface area contributed by atoms with Gasteiger partial charge in [-0.3, -0.25) is 0 Å². The van der Waals surface area contributed by atoms with Gasteiger partial charge in [0, 0.05) is 0 Å². The topological polar surface area (TPSA) is 32.6 Å². The summed E-state index contributed by atoms with van der Waals surface area (Å²) >= 11 is 11.8. The molecule has 0 atom stereocenters. The van der Waals surface area contributed by atoms with Crippen molar-refractivity contribution in [3.8, 4) is 0 Å². The Balaban J connectivity index is 2.30.